The van der Waals surface area contributed by atoms with Crippen molar-refractivity contribution in [1.82, 2.24) is 14.8 Å². The van der Waals surface area contributed by atoms with Gasteiger partial charge >= 0.3 is 0 Å². The third kappa shape index (κ3) is 5.95. The number of amides is 2. The molecule has 1 N–H and O–H groups in total. The molecule has 0 unspecified atom stereocenters. The molecule has 41 heavy (non-hydrogen) atoms. The highest BCUT2D eigenvalue weighted by molar-refractivity contribution is 5.97. The summed E-state index contributed by atoms with van der Waals surface area (Å²) in [6.45, 7) is 4.05. The van der Waals surface area contributed by atoms with Gasteiger partial charge in [0.25, 0.3) is 11.8 Å². The van der Waals surface area contributed by atoms with Crippen LogP contribution in [0.4, 0.5) is 4.39 Å². The minimum Gasteiger partial charge on any atom is -0.472 e. The number of aromatic nitrogens is 1. The third-order valence-electron chi connectivity index (χ3n) is 7.16. The van der Waals surface area contributed by atoms with Crippen LogP contribution in [0.3, 0.4) is 0 Å². The molecule has 0 saturated heterocycles. The van der Waals surface area contributed by atoms with Crippen LogP contribution in [-0.2, 0) is 0 Å². The summed E-state index contributed by atoms with van der Waals surface area (Å²) in [4.78, 5) is 34.4. The molecule has 9 nitrogen and oxygen atoms in total. The first-order chi connectivity index (χ1) is 19.7. The molecule has 2 aromatic carbocycles. The molecule has 0 radical (unpaired) electrons. The Morgan fingerprint density at radius 1 is 1.20 bits per heavy atom. The van der Waals surface area contributed by atoms with Crippen molar-refractivity contribution in [1.29, 1.82) is 0 Å². The lowest BCUT2D eigenvalue weighted by molar-refractivity contribution is 0.0313. The van der Waals surface area contributed by atoms with E-state index in [4.69, 9.17) is 14.2 Å². The van der Waals surface area contributed by atoms with Gasteiger partial charge in [-0.05, 0) is 43.3 Å². The van der Waals surface area contributed by atoms with Gasteiger partial charge in [0.2, 0.25) is 12.7 Å². The first-order valence-corrected chi connectivity index (χ1v) is 13.2. The zero-order chi connectivity index (χ0) is 29.1. The quantitative estimate of drug-likeness (QED) is 0.479. The van der Waals surface area contributed by atoms with Crippen molar-refractivity contribution in [2.24, 2.45) is 5.92 Å². The smallest absolute Gasteiger partial charge is 0.259 e. The number of rotatable bonds is 5. The average molecular weight is 560 g/mol. The number of hydrogen-bond donors (Lipinski definition) is 1. The van der Waals surface area contributed by atoms with Crippen LogP contribution in [0.5, 0.6) is 17.4 Å². The van der Waals surface area contributed by atoms with Gasteiger partial charge in [-0.1, -0.05) is 30.9 Å². The maximum atomic E-state index is 14.1. The Bertz CT molecular complexity index is 1530. The predicted octanol–water partition coefficient (Wildman–Crippen LogP) is 3.34. The first-order valence-electron chi connectivity index (χ1n) is 13.2. The number of hydrogen-bond acceptors (Lipinski definition) is 7. The third-order valence-corrected chi connectivity index (χ3v) is 7.16. The molecule has 2 aliphatic rings. The van der Waals surface area contributed by atoms with E-state index in [1.165, 1.54) is 12.3 Å². The maximum Gasteiger partial charge on any atom is 0.259 e. The lowest BCUT2D eigenvalue weighted by Crippen LogP contribution is -2.50. The minimum absolute atomic E-state index is 0.0991. The number of likely N-dealkylation sites (N-methyl/N-ethyl adjacent to an activating group) is 1. The topological polar surface area (TPSA) is 101 Å². The summed E-state index contributed by atoms with van der Waals surface area (Å²) >= 11 is 0. The van der Waals surface area contributed by atoms with Crippen molar-refractivity contribution in [3.8, 4) is 29.2 Å². The normalized spacial score (nSPS) is 18.3. The van der Waals surface area contributed by atoms with Gasteiger partial charge in [-0.3, -0.25) is 9.59 Å². The summed E-state index contributed by atoms with van der Waals surface area (Å²) < 4.78 is 31.1. The second-order valence-electron chi connectivity index (χ2n) is 10.2. The molecule has 10 heteroatoms. The van der Waals surface area contributed by atoms with E-state index in [0.29, 0.717) is 22.6 Å². The molecule has 1 aromatic heterocycles. The Labute approximate surface area is 237 Å². The Morgan fingerprint density at radius 2 is 1.98 bits per heavy atom. The van der Waals surface area contributed by atoms with E-state index in [-0.39, 0.29) is 61.2 Å². The van der Waals surface area contributed by atoms with Crippen LogP contribution >= 0.6 is 0 Å². The number of halogens is 1. The summed E-state index contributed by atoms with van der Waals surface area (Å²) in [5, 5.41) is 9.90. The van der Waals surface area contributed by atoms with Crippen molar-refractivity contribution in [3.63, 3.8) is 0 Å². The summed E-state index contributed by atoms with van der Waals surface area (Å²) in [6.07, 6.45) is 0.936. The lowest BCUT2D eigenvalue weighted by atomic mass is 9.99. The van der Waals surface area contributed by atoms with Crippen LogP contribution in [0.2, 0.25) is 0 Å². The zero-order valence-electron chi connectivity index (χ0n) is 23.0. The fourth-order valence-corrected chi connectivity index (χ4v) is 4.69. The Morgan fingerprint density at radius 3 is 2.76 bits per heavy atom. The molecule has 212 valence electrons. The number of carbonyl (C=O) groups excluding carboxylic acids is 2. The summed E-state index contributed by atoms with van der Waals surface area (Å²) in [5.74, 6) is 5.59. The molecule has 0 bridgehead atoms. The van der Waals surface area contributed by atoms with Crippen molar-refractivity contribution in [2.75, 3.05) is 33.5 Å². The van der Waals surface area contributed by atoms with E-state index in [1.54, 1.807) is 66.2 Å². The Kier molecular flexibility index (Phi) is 8.08. The van der Waals surface area contributed by atoms with Gasteiger partial charge in [0, 0.05) is 36.8 Å². The number of pyridine rings is 1. The van der Waals surface area contributed by atoms with Gasteiger partial charge in [-0.25, -0.2) is 9.37 Å². The SMILES string of the molecule is C[C@H](CO)N1C[C@H](C)[C@H](CN(C)C(=O)c2ccc3c(c2)OCO3)Oc2ncc(C#Cc3ccccc3F)cc2C1=O. The zero-order valence-corrected chi connectivity index (χ0v) is 23.0. The highest BCUT2D eigenvalue weighted by Crippen LogP contribution is 2.33. The fraction of sp³-hybridized carbons (Fsp3) is 0.323. The minimum atomic E-state index is -0.527. The van der Waals surface area contributed by atoms with Crippen molar-refractivity contribution in [3.05, 3.63) is 82.8 Å². The molecule has 0 spiro atoms. The standard InChI is InChI=1S/C31H30FN3O6/c1-19-15-35(20(2)17-36)31(38)24-12-21(8-9-22-6-4-5-7-25(22)32)14-33-29(24)41-28(19)16-34(3)30(37)23-10-11-26-27(13-23)40-18-39-26/h4-7,10-14,19-20,28,36H,15-18H2,1-3H3/t19-,20+,28-/m0/s1. The number of fused-ring (bicyclic) bond motifs is 2. The monoisotopic (exact) mass is 559 g/mol. The van der Waals surface area contributed by atoms with Gasteiger partial charge in [-0.2, -0.15) is 0 Å². The van der Waals surface area contributed by atoms with Gasteiger partial charge in [0.05, 0.1) is 24.8 Å². The highest BCUT2D eigenvalue weighted by atomic mass is 19.1. The van der Waals surface area contributed by atoms with E-state index in [0.717, 1.165) is 0 Å². The van der Waals surface area contributed by atoms with Crippen molar-refractivity contribution in [2.45, 2.75) is 26.0 Å². The van der Waals surface area contributed by atoms with Gasteiger partial charge in [0.15, 0.2) is 11.5 Å². The van der Waals surface area contributed by atoms with Crippen molar-refractivity contribution < 1.29 is 33.3 Å². The molecule has 2 aliphatic heterocycles. The molecule has 3 atom stereocenters. The largest absolute Gasteiger partial charge is 0.472 e. The summed E-state index contributed by atoms with van der Waals surface area (Å²) in [7, 11) is 1.68. The number of benzene rings is 2. The molecular weight excluding hydrogens is 529 g/mol. The predicted molar refractivity (Wildman–Crippen MR) is 147 cm³/mol. The average Bonchev–Trinajstić information content (AvgIpc) is 3.46. The van der Waals surface area contributed by atoms with Crippen molar-refractivity contribution >= 4 is 11.8 Å². The number of nitrogens with zero attached hydrogens (tertiary/aromatic N) is 3. The molecule has 0 fully saturated rings. The lowest BCUT2D eigenvalue weighted by Gasteiger charge is -2.37. The first kappa shape index (κ1) is 27.9. The van der Waals surface area contributed by atoms with Crippen LogP contribution < -0.4 is 14.2 Å². The molecule has 5 rings (SSSR count). The van der Waals surface area contributed by atoms with E-state index >= 15 is 0 Å². The number of ether oxygens (including phenoxy) is 3. The Balaban J connectivity index is 1.43. The van der Waals surface area contributed by atoms with E-state index in [9.17, 15) is 19.1 Å². The molecule has 0 aliphatic carbocycles. The second-order valence-corrected chi connectivity index (χ2v) is 10.2. The molecular formula is C31H30FN3O6. The molecule has 3 aromatic rings. The van der Waals surface area contributed by atoms with E-state index < -0.39 is 18.0 Å². The van der Waals surface area contributed by atoms with Crippen LogP contribution in [0, 0.1) is 23.6 Å². The fourth-order valence-electron chi connectivity index (χ4n) is 4.69. The number of carbonyl (C=O) groups is 2. The van der Waals surface area contributed by atoms with E-state index in [2.05, 4.69) is 16.8 Å². The summed E-state index contributed by atoms with van der Waals surface area (Å²) in [5.41, 5.74) is 1.24. The van der Waals surface area contributed by atoms with Gasteiger partial charge < -0.3 is 29.1 Å². The van der Waals surface area contributed by atoms with Crippen LogP contribution in [-0.4, -0.2) is 77.4 Å². The molecule has 3 heterocycles. The van der Waals surface area contributed by atoms with Gasteiger partial charge in [-0.15, -0.1) is 0 Å². The second kappa shape index (κ2) is 11.9. The molecule has 2 amide bonds. The highest BCUT2D eigenvalue weighted by Gasteiger charge is 2.35. The van der Waals surface area contributed by atoms with Crippen LogP contribution in [0.25, 0.3) is 0 Å². The van der Waals surface area contributed by atoms with E-state index in [1.807, 2.05) is 6.92 Å². The number of aliphatic hydroxyl groups excluding tert-OH is 1. The van der Waals surface area contributed by atoms with Crippen LogP contribution in [0.1, 0.15) is 45.7 Å². The summed E-state index contributed by atoms with van der Waals surface area (Å²) in [6, 6.07) is 12.3. The van der Waals surface area contributed by atoms with Crippen LogP contribution in [0.15, 0.2) is 54.7 Å². The number of aliphatic hydroxyl groups is 1. The molecule has 0 saturated carbocycles. The maximum absolute atomic E-state index is 14.1. The Hall–Kier alpha value is -4.62. The van der Waals surface area contributed by atoms with Gasteiger partial charge in [0.1, 0.15) is 17.5 Å².